The molecule has 1 saturated carbocycles. The van der Waals surface area contributed by atoms with E-state index in [1.54, 1.807) is 0 Å². The number of halogens is 2. The average Bonchev–Trinajstić information content (AvgIpc) is 2.34. The van der Waals surface area contributed by atoms with Gasteiger partial charge in [-0.3, -0.25) is 0 Å². The van der Waals surface area contributed by atoms with Crippen LogP contribution in [0.3, 0.4) is 0 Å². The molecule has 18 heavy (non-hydrogen) atoms. The third kappa shape index (κ3) is 2.74. The van der Waals surface area contributed by atoms with Crippen molar-refractivity contribution in [2.75, 3.05) is 11.1 Å². The monoisotopic (exact) mass is 254 g/mol. The summed E-state index contributed by atoms with van der Waals surface area (Å²) in [5.41, 5.74) is 5.49. The number of nitrogens with two attached hydrogens (primary N) is 1. The third-order valence-electron chi connectivity index (χ3n) is 3.83. The Morgan fingerprint density at radius 2 is 1.83 bits per heavy atom. The van der Waals surface area contributed by atoms with E-state index in [0.29, 0.717) is 5.92 Å². The summed E-state index contributed by atoms with van der Waals surface area (Å²) in [6.45, 7) is 2.13. The molecule has 0 bridgehead atoms. The molecule has 0 aromatic heterocycles. The van der Waals surface area contributed by atoms with Crippen molar-refractivity contribution >= 4 is 11.4 Å². The lowest BCUT2D eigenvalue weighted by Gasteiger charge is -2.32. The maximum absolute atomic E-state index is 13.7. The maximum Gasteiger partial charge on any atom is 0.151 e. The summed E-state index contributed by atoms with van der Waals surface area (Å²) in [4.78, 5) is 0. The summed E-state index contributed by atoms with van der Waals surface area (Å²) in [6, 6.07) is 2.49. The highest BCUT2D eigenvalue weighted by Crippen LogP contribution is 2.31. The predicted octanol–water partition coefficient (Wildman–Crippen LogP) is 3.93. The second kappa shape index (κ2) is 5.55. The lowest BCUT2D eigenvalue weighted by Crippen LogP contribution is -2.32. The smallest absolute Gasteiger partial charge is 0.151 e. The zero-order valence-corrected chi connectivity index (χ0v) is 10.7. The summed E-state index contributed by atoms with van der Waals surface area (Å²) in [5, 5.41) is 3.04. The summed E-state index contributed by atoms with van der Waals surface area (Å²) in [5.74, 6) is -0.712. The van der Waals surface area contributed by atoms with Gasteiger partial charge in [-0.15, -0.1) is 0 Å². The summed E-state index contributed by atoms with van der Waals surface area (Å²) in [7, 11) is 0. The van der Waals surface area contributed by atoms with E-state index in [4.69, 9.17) is 5.73 Å². The molecule has 100 valence electrons. The fourth-order valence-corrected chi connectivity index (χ4v) is 2.80. The maximum atomic E-state index is 13.7. The van der Waals surface area contributed by atoms with Crippen molar-refractivity contribution in [2.45, 2.75) is 45.1 Å². The van der Waals surface area contributed by atoms with Crippen molar-refractivity contribution in [3.63, 3.8) is 0 Å². The Balaban J connectivity index is 2.17. The van der Waals surface area contributed by atoms with Gasteiger partial charge in [-0.05, 0) is 30.9 Å². The second-order valence-corrected chi connectivity index (χ2v) is 5.06. The van der Waals surface area contributed by atoms with Gasteiger partial charge in [0.05, 0.1) is 0 Å². The lowest BCUT2D eigenvalue weighted by molar-refractivity contribution is 0.316. The molecule has 2 rings (SSSR count). The van der Waals surface area contributed by atoms with Gasteiger partial charge in [-0.25, -0.2) is 8.78 Å². The van der Waals surface area contributed by atoms with Crippen molar-refractivity contribution in [2.24, 2.45) is 5.92 Å². The van der Waals surface area contributed by atoms with Crippen LogP contribution in [0.1, 0.15) is 39.0 Å². The molecule has 3 N–H and O–H groups in total. The van der Waals surface area contributed by atoms with Crippen LogP contribution >= 0.6 is 0 Å². The molecular formula is C14H20F2N2. The van der Waals surface area contributed by atoms with Crippen LogP contribution < -0.4 is 11.1 Å². The van der Waals surface area contributed by atoms with E-state index in [-0.39, 0.29) is 17.4 Å². The number of nitrogen functional groups attached to an aromatic ring is 1. The van der Waals surface area contributed by atoms with Crippen LogP contribution in [0.4, 0.5) is 20.2 Å². The van der Waals surface area contributed by atoms with Gasteiger partial charge in [-0.1, -0.05) is 26.2 Å². The number of benzene rings is 1. The van der Waals surface area contributed by atoms with Gasteiger partial charge in [0.2, 0.25) is 0 Å². The Morgan fingerprint density at radius 3 is 2.44 bits per heavy atom. The SMILES string of the molecule is CCC1CCCCC1Nc1c(F)cc(N)cc1F. The van der Waals surface area contributed by atoms with E-state index in [1.807, 2.05) is 0 Å². The Bertz CT molecular complexity index is 397. The normalized spacial score (nSPS) is 23.9. The minimum absolute atomic E-state index is 0.0328. The van der Waals surface area contributed by atoms with Gasteiger partial charge in [0, 0.05) is 11.7 Å². The fourth-order valence-electron chi connectivity index (χ4n) is 2.80. The number of anilines is 2. The molecule has 1 aromatic carbocycles. The molecule has 1 aliphatic rings. The van der Waals surface area contributed by atoms with Crippen LogP contribution in [-0.4, -0.2) is 6.04 Å². The standard InChI is InChI=1S/C14H20F2N2/c1-2-9-5-3-4-6-13(9)18-14-11(15)7-10(17)8-12(14)16/h7-9,13,18H,2-6,17H2,1H3. The summed E-state index contributed by atoms with van der Waals surface area (Å²) in [6.07, 6.45) is 5.47. The molecule has 0 radical (unpaired) electrons. The van der Waals surface area contributed by atoms with E-state index in [9.17, 15) is 8.78 Å². The van der Waals surface area contributed by atoms with E-state index >= 15 is 0 Å². The first-order chi connectivity index (χ1) is 8.61. The van der Waals surface area contributed by atoms with Gasteiger partial charge < -0.3 is 11.1 Å². The Labute approximate surface area is 107 Å². The highest BCUT2D eigenvalue weighted by atomic mass is 19.1. The topological polar surface area (TPSA) is 38.0 Å². The average molecular weight is 254 g/mol. The van der Waals surface area contributed by atoms with E-state index < -0.39 is 11.6 Å². The Morgan fingerprint density at radius 1 is 1.22 bits per heavy atom. The van der Waals surface area contributed by atoms with Crippen LogP contribution in [-0.2, 0) is 0 Å². The number of hydrogen-bond acceptors (Lipinski definition) is 2. The molecule has 4 heteroatoms. The molecule has 1 aliphatic carbocycles. The van der Waals surface area contributed by atoms with Crippen LogP contribution in [0.2, 0.25) is 0 Å². The van der Waals surface area contributed by atoms with Gasteiger partial charge in [0.1, 0.15) is 5.69 Å². The zero-order chi connectivity index (χ0) is 13.1. The molecule has 0 heterocycles. The lowest BCUT2D eigenvalue weighted by atomic mass is 9.83. The highest BCUT2D eigenvalue weighted by Gasteiger charge is 2.25. The second-order valence-electron chi connectivity index (χ2n) is 5.06. The minimum Gasteiger partial charge on any atom is -0.399 e. The van der Waals surface area contributed by atoms with Crippen molar-refractivity contribution < 1.29 is 8.78 Å². The predicted molar refractivity (Wildman–Crippen MR) is 70.4 cm³/mol. The molecule has 1 aromatic rings. The molecular weight excluding hydrogens is 234 g/mol. The third-order valence-corrected chi connectivity index (χ3v) is 3.83. The fraction of sp³-hybridized carbons (Fsp3) is 0.571. The van der Waals surface area contributed by atoms with Gasteiger partial charge >= 0.3 is 0 Å². The largest absolute Gasteiger partial charge is 0.399 e. The van der Waals surface area contributed by atoms with Crippen LogP contribution in [0, 0.1) is 17.6 Å². The van der Waals surface area contributed by atoms with E-state index in [2.05, 4.69) is 12.2 Å². The van der Waals surface area contributed by atoms with Gasteiger partial charge in [0.15, 0.2) is 11.6 Å². The Kier molecular flexibility index (Phi) is 4.04. The van der Waals surface area contributed by atoms with Crippen LogP contribution in [0.25, 0.3) is 0 Å². The quantitative estimate of drug-likeness (QED) is 0.802. The molecule has 0 amide bonds. The molecule has 2 atom stereocenters. The first-order valence-corrected chi connectivity index (χ1v) is 6.63. The molecule has 0 spiro atoms. The minimum atomic E-state index is -0.604. The number of hydrogen-bond donors (Lipinski definition) is 2. The molecule has 0 aliphatic heterocycles. The van der Waals surface area contributed by atoms with Crippen LogP contribution in [0.5, 0.6) is 0 Å². The van der Waals surface area contributed by atoms with Crippen molar-refractivity contribution in [1.29, 1.82) is 0 Å². The van der Waals surface area contributed by atoms with E-state index in [0.717, 1.165) is 37.8 Å². The first-order valence-electron chi connectivity index (χ1n) is 6.63. The van der Waals surface area contributed by atoms with Crippen molar-refractivity contribution in [1.82, 2.24) is 0 Å². The van der Waals surface area contributed by atoms with Crippen molar-refractivity contribution in [3.8, 4) is 0 Å². The number of nitrogens with one attached hydrogen (secondary N) is 1. The first kappa shape index (κ1) is 13.1. The van der Waals surface area contributed by atoms with E-state index in [1.165, 1.54) is 6.42 Å². The molecule has 2 unspecified atom stereocenters. The Hall–Kier alpha value is -1.32. The van der Waals surface area contributed by atoms with Gasteiger partial charge in [0.25, 0.3) is 0 Å². The zero-order valence-electron chi connectivity index (χ0n) is 10.7. The van der Waals surface area contributed by atoms with Crippen LogP contribution in [0.15, 0.2) is 12.1 Å². The summed E-state index contributed by atoms with van der Waals surface area (Å²) >= 11 is 0. The van der Waals surface area contributed by atoms with Gasteiger partial charge in [-0.2, -0.15) is 0 Å². The highest BCUT2D eigenvalue weighted by molar-refractivity contribution is 5.54. The molecule has 2 nitrogen and oxygen atoms in total. The molecule has 0 saturated heterocycles. The van der Waals surface area contributed by atoms with Crippen molar-refractivity contribution in [3.05, 3.63) is 23.8 Å². The number of rotatable bonds is 3. The molecule has 1 fully saturated rings. The summed E-state index contributed by atoms with van der Waals surface area (Å²) < 4.78 is 27.4.